The van der Waals surface area contributed by atoms with E-state index in [1.54, 1.807) is 12.1 Å². The lowest BCUT2D eigenvalue weighted by molar-refractivity contribution is 0.593. The highest BCUT2D eigenvalue weighted by atomic mass is 32.2. The number of benzene rings is 1. The van der Waals surface area contributed by atoms with Crippen molar-refractivity contribution in [1.29, 1.82) is 5.41 Å². The number of hydrogen-bond acceptors (Lipinski definition) is 5. The second-order valence-corrected chi connectivity index (χ2v) is 8.11. The molecule has 0 heterocycles. The van der Waals surface area contributed by atoms with Gasteiger partial charge in [-0.15, -0.1) is 0 Å². The fraction of sp³-hybridized carbons (Fsp3) is 0.300. The fourth-order valence-electron chi connectivity index (χ4n) is 1.29. The lowest BCUT2D eigenvalue weighted by Gasteiger charge is -2.11. The molecule has 1 aromatic carbocycles. The van der Waals surface area contributed by atoms with E-state index in [1.165, 1.54) is 12.1 Å². The first-order valence-electron chi connectivity index (χ1n) is 5.22. The van der Waals surface area contributed by atoms with E-state index in [0.717, 1.165) is 6.26 Å². The Balaban J connectivity index is 2.93. The summed E-state index contributed by atoms with van der Waals surface area (Å²) in [7, 11) is -7.17. The van der Waals surface area contributed by atoms with E-state index in [1.807, 2.05) is 0 Å². The van der Waals surface area contributed by atoms with Gasteiger partial charge in [0.05, 0.1) is 17.2 Å². The molecule has 0 aliphatic rings. The lowest BCUT2D eigenvalue weighted by atomic mass is 10.2. The monoisotopic (exact) mass is 305 g/mol. The quantitative estimate of drug-likeness (QED) is 0.493. The van der Waals surface area contributed by atoms with Crippen molar-refractivity contribution >= 4 is 31.4 Å². The normalized spacial score (nSPS) is 12.1. The first kappa shape index (κ1) is 15.4. The number of rotatable bonds is 6. The van der Waals surface area contributed by atoms with Gasteiger partial charge in [-0.3, -0.25) is 10.1 Å². The van der Waals surface area contributed by atoms with E-state index in [4.69, 9.17) is 11.1 Å². The third kappa shape index (κ3) is 5.26. The van der Waals surface area contributed by atoms with E-state index in [0.29, 0.717) is 0 Å². The molecule has 7 nitrogen and oxygen atoms in total. The molecule has 0 radical (unpaired) electrons. The molecule has 0 bridgehead atoms. The molecule has 0 aliphatic carbocycles. The highest BCUT2D eigenvalue weighted by Gasteiger charge is 2.16. The van der Waals surface area contributed by atoms with Crippen molar-refractivity contribution in [3.05, 3.63) is 29.8 Å². The molecular formula is C10H15N3O4S2. The number of hydrogen-bond donors (Lipinski definition) is 3. The maximum atomic E-state index is 11.7. The van der Waals surface area contributed by atoms with E-state index in [-0.39, 0.29) is 17.1 Å². The molecule has 9 heteroatoms. The molecule has 0 fully saturated rings. The molecule has 0 aliphatic heterocycles. The van der Waals surface area contributed by atoms with E-state index >= 15 is 0 Å². The Labute approximate surface area is 112 Å². The van der Waals surface area contributed by atoms with E-state index in [9.17, 15) is 16.8 Å². The third-order valence-electron chi connectivity index (χ3n) is 2.21. The van der Waals surface area contributed by atoms with Gasteiger partial charge in [0.2, 0.25) is 10.0 Å². The van der Waals surface area contributed by atoms with Gasteiger partial charge >= 0.3 is 0 Å². The van der Waals surface area contributed by atoms with E-state index in [2.05, 4.69) is 4.72 Å². The fourth-order valence-corrected chi connectivity index (χ4v) is 3.99. The smallest absolute Gasteiger partial charge is 0.233 e. The average Bonchev–Trinajstić information content (AvgIpc) is 2.26. The summed E-state index contributed by atoms with van der Waals surface area (Å²) in [6.45, 7) is 0. The van der Waals surface area contributed by atoms with Crippen molar-refractivity contribution in [3.63, 3.8) is 0 Å². The largest absolute Gasteiger partial charge is 0.384 e. The van der Waals surface area contributed by atoms with Crippen LogP contribution in [0, 0.1) is 5.41 Å². The number of nitrogens with two attached hydrogens (primary N) is 1. The van der Waals surface area contributed by atoms with Crippen molar-refractivity contribution in [3.8, 4) is 0 Å². The number of nitrogen functional groups attached to an aromatic ring is 1. The number of amidine groups is 1. The third-order valence-corrected chi connectivity index (χ3v) is 4.68. The minimum atomic E-state index is -3.81. The first-order chi connectivity index (χ1) is 8.61. The molecule has 0 aromatic heterocycles. The zero-order chi connectivity index (χ0) is 14.7. The van der Waals surface area contributed by atoms with Gasteiger partial charge in [0.15, 0.2) is 0 Å². The Morgan fingerprint density at radius 3 is 2.32 bits per heavy atom. The number of sulfone groups is 1. The zero-order valence-corrected chi connectivity index (χ0v) is 11.9. The maximum absolute atomic E-state index is 11.7. The Morgan fingerprint density at radius 1 is 1.21 bits per heavy atom. The summed E-state index contributed by atoms with van der Waals surface area (Å²) < 4.78 is 47.6. The summed E-state index contributed by atoms with van der Waals surface area (Å²) in [5, 5.41) is 7.33. The number of para-hydroxylation sites is 1. The zero-order valence-electron chi connectivity index (χ0n) is 10.3. The van der Waals surface area contributed by atoms with Crippen LogP contribution in [0.5, 0.6) is 0 Å². The molecule has 0 unspecified atom stereocenters. The van der Waals surface area contributed by atoms with Crippen LogP contribution in [0.4, 0.5) is 5.69 Å². The molecular weight excluding hydrogens is 290 g/mol. The van der Waals surface area contributed by atoms with Crippen LogP contribution in [0.15, 0.2) is 24.3 Å². The summed E-state index contributed by atoms with van der Waals surface area (Å²) in [6.07, 6.45) is 0.964. The molecule has 1 rings (SSSR count). The van der Waals surface area contributed by atoms with E-state index < -0.39 is 31.4 Å². The molecule has 0 amide bonds. The lowest BCUT2D eigenvalue weighted by Crippen LogP contribution is -2.24. The minimum Gasteiger partial charge on any atom is -0.384 e. The average molecular weight is 305 g/mol. The highest BCUT2D eigenvalue weighted by molar-refractivity contribution is 7.95. The van der Waals surface area contributed by atoms with Gasteiger partial charge in [0.25, 0.3) is 0 Å². The maximum Gasteiger partial charge on any atom is 0.233 e. The van der Waals surface area contributed by atoms with Crippen LogP contribution < -0.4 is 10.5 Å². The van der Waals surface area contributed by atoms with Gasteiger partial charge in [-0.25, -0.2) is 16.8 Å². The second-order valence-electron chi connectivity index (χ2n) is 4.01. The molecule has 106 valence electrons. The molecule has 0 saturated heterocycles. The Kier molecular flexibility index (Phi) is 4.53. The molecule has 0 spiro atoms. The summed E-state index contributed by atoms with van der Waals surface area (Å²) in [5.41, 5.74) is 5.73. The van der Waals surface area contributed by atoms with Crippen LogP contribution in [-0.2, 0) is 19.9 Å². The first-order valence-corrected chi connectivity index (χ1v) is 8.94. The topological polar surface area (TPSA) is 130 Å². The second kappa shape index (κ2) is 5.57. The van der Waals surface area contributed by atoms with Gasteiger partial charge in [-0.05, 0) is 12.1 Å². The molecule has 0 atom stereocenters. The van der Waals surface area contributed by atoms with Gasteiger partial charge in [0, 0.05) is 11.8 Å². The van der Waals surface area contributed by atoms with Gasteiger partial charge in [-0.2, -0.15) is 0 Å². The molecule has 1 aromatic rings. The highest BCUT2D eigenvalue weighted by Crippen LogP contribution is 2.16. The summed E-state index contributed by atoms with van der Waals surface area (Å²) in [5.74, 6) is -1.29. The molecule has 19 heavy (non-hydrogen) atoms. The summed E-state index contributed by atoms with van der Waals surface area (Å²) in [6, 6.07) is 6.15. The minimum absolute atomic E-state index is 0.156. The molecule has 0 saturated carbocycles. The van der Waals surface area contributed by atoms with Crippen LogP contribution in [0.2, 0.25) is 0 Å². The van der Waals surface area contributed by atoms with Gasteiger partial charge in [0.1, 0.15) is 15.7 Å². The van der Waals surface area contributed by atoms with Crippen molar-refractivity contribution in [1.82, 2.24) is 0 Å². The predicted octanol–water partition coefficient (Wildman–Crippen LogP) is -0.243. The number of anilines is 1. The van der Waals surface area contributed by atoms with Gasteiger partial charge < -0.3 is 5.73 Å². The Hall–Kier alpha value is -1.61. The Bertz CT molecular complexity index is 680. The standard InChI is InChI=1S/C10H15N3O4S2/c1-18(14,15)6-7-19(16,17)13-9-5-3-2-4-8(9)10(11)12/h2-5,13H,6-7H2,1H3,(H3,11,12). The number of nitrogens with one attached hydrogen (secondary N) is 2. The van der Waals surface area contributed by atoms with Crippen molar-refractivity contribution in [2.45, 2.75) is 0 Å². The van der Waals surface area contributed by atoms with Crippen molar-refractivity contribution < 1.29 is 16.8 Å². The molecule has 4 N–H and O–H groups in total. The Morgan fingerprint density at radius 2 is 1.79 bits per heavy atom. The van der Waals surface area contributed by atoms with Crippen LogP contribution >= 0.6 is 0 Å². The summed E-state index contributed by atoms with van der Waals surface area (Å²) >= 11 is 0. The van der Waals surface area contributed by atoms with Crippen LogP contribution in [-0.4, -0.2) is 40.4 Å². The SMILES string of the molecule is CS(=O)(=O)CCS(=O)(=O)Nc1ccccc1C(=N)N. The summed E-state index contributed by atoms with van der Waals surface area (Å²) in [4.78, 5) is 0. The van der Waals surface area contributed by atoms with Crippen molar-refractivity contribution in [2.24, 2.45) is 5.73 Å². The van der Waals surface area contributed by atoms with Gasteiger partial charge in [-0.1, -0.05) is 12.1 Å². The number of sulfonamides is 1. The predicted molar refractivity (Wildman–Crippen MR) is 74.6 cm³/mol. The van der Waals surface area contributed by atoms with Crippen LogP contribution in [0.1, 0.15) is 5.56 Å². The van der Waals surface area contributed by atoms with Crippen LogP contribution in [0.25, 0.3) is 0 Å². The van der Waals surface area contributed by atoms with Crippen LogP contribution in [0.3, 0.4) is 0 Å². The van der Waals surface area contributed by atoms with Crippen molar-refractivity contribution in [2.75, 3.05) is 22.5 Å².